The maximum Gasteiger partial charge on any atom is 0.416 e. The zero-order valence-electron chi connectivity index (χ0n) is 18.3. The third-order valence-electron chi connectivity index (χ3n) is 5.93. The van der Waals surface area contributed by atoms with Crippen LogP contribution in [0.1, 0.15) is 35.3 Å². The molecule has 1 aromatic carbocycles. The van der Waals surface area contributed by atoms with Crippen LogP contribution in [0.4, 0.5) is 37.0 Å². The second-order valence-corrected chi connectivity index (χ2v) is 8.73. The molecule has 0 aliphatic carbocycles. The molecule has 1 fully saturated rings. The van der Waals surface area contributed by atoms with Gasteiger partial charge in [-0.05, 0) is 36.2 Å². The summed E-state index contributed by atoms with van der Waals surface area (Å²) in [5.74, 6) is 0.244. The number of carbonyl (C=O) groups excluding carboxylic acids is 1. The fraction of sp³-hybridized carbons (Fsp3) is 0.476. The smallest absolute Gasteiger partial charge is 0.363 e. The summed E-state index contributed by atoms with van der Waals surface area (Å²) >= 11 is 6.03. The van der Waals surface area contributed by atoms with E-state index in [2.05, 4.69) is 20.6 Å². The van der Waals surface area contributed by atoms with Gasteiger partial charge in [-0.1, -0.05) is 12.1 Å². The zero-order chi connectivity index (χ0) is 25.5. The average molecular weight is 523 g/mol. The van der Waals surface area contributed by atoms with Crippen LogP contribution in [0.3, 0.4) is 0 Å². The zero-order valence-corrected chi connectivity index (χ0v) is 19.1. The van der Waals surface area contributed by atoms with Crippen LogP contribution in [0.2, 0.25) is 5.28 Å². The summed E-state index contributed by atoms with van der Waals surface area (Å²) in [5.41, 5.74) is 0.483. The lowest BCUT2D eigenvalue weighted by atomic mass is 10.0. The Bertz CT molecular complexity index is 1110. The number of amides is 2. The van der Waals surface area contributed by atoms with Gasteiger partial charge in [0.05, 0.1) is 24.3 Å². The number of rotatable bonds is 3. The molecular weight excluding hydrogens is 502 g/mol. The molecule has 2 aliphatic rings. The molecule has 0 spiro atoms. The SMILES string of the molecule is C[C@@H](Nc1nc(Cl)nc2c1CN(C(=O)N1CCNC(C(F)(F)F)C1)C2)c1cccc(C(F)(F)F)c1. The molecule has 4 rings (SSSR count). The van der Waals surface area contributed by atoms with Crippen molar-refractivity contribution in [1.82, 2.24) is 25.1 Å². The van der Waals surface area contributed by atoms with Gasteiger partial charge in [0.15, 0.2) is 0 Å². The first-order valence-electron chi connectivity index (χ1n) is 10.7. The summed E-state index contributed by atoms with van der Waals surface area (Å²) < 4.78 is 78.6. The summed E-state index contributed by atoms with van der Waals surface area (Å²) in [6.07, 6.45) is -8.98. The van der Waals surface area contributed by atoms with E-state index in [1.807, 2.05) is 0 Å². The van der Waals surface area contributed by atoms with E-state index in [9.17, 15) is 31.1 Å². The molecule has 2 atom stereocenters. The number of nitrogens with zero attached hydrogens (tertiary/aromatic N) is 4. The maximum absolute atomic E-state index is 13.1. The number of halogens is 7. The number of hydrogen-bond acceptors (Lipinski definition) is 5. The normalized spacial score (nSPS) is 19.5. The van der Waals surface area contributed by atoms with Gasteiger partial charge >= 0.3 is 18.4 Å². The summed E-state index contributed by atoms with van der Waals surface area (Å²) in [6, 6.07) is 1.84. The number of anilines is 1. The number of nitrogens with one attached hydrogen (secondary N) is 2. The summed E-state index contributed by atoms with van der Waals surface area (Å²) in [6.45, 7) is 1.28. The fourth-order valence-corrected chi connectivity index (χ4v) is 4.28. The lowest BCUT2D eigenvalue weighted by Crippen LogP contribution is -2.59. The Hall–Kier alpha value is -2.80. The van der Waals surface area contributed by atoms with E-state index in [0.717, 1.165) is 17.0 Å². The minimum Gasteiger partial charge on any atom is -0.363 e. The van der Waals surface area contributed by atoms with Crippen molar-refractivity contribution in [2.45, 2.75) is 44.4 Å². The van der Waals surface area contributed by atoms with E-state index in [0.29, 0.717) is 16.8 Å². The van der Waals surface area contributed by atoms with E-state index >= 15 is 0 Å². The van der Waals surface area contributed by atoms with Crippen molar-refractivity contribution in [3.63, 3.8) is 0 Å². The number of carbonyl (C=O) groups is 1. The van der Waals surface area contributed by atoms with Gasteiger partial charge in [-0.2, -0.15) is 26.3 Å². The maximum atomic E-state index is 13.1. The van der Waals surface area contributed by atoms with Crippen molar-refractivity contribution in [1.29, 1.82) is 0 Å². The van der Waals surface area contributed by atoms with Crippen LogP contribution < -0.4 is 10.6 Å². The number of benzene rings is 1. The summed E-state index contributed by atoms with van der Waals surface area (Å²) in [4.78, 5) is 23.7. The quantitative estimate of drug-likeness (QED) is 0.455. The van der Waals surface area contributed by atoms with E-state index in [-0.39, 0.29) is 37.3 Å². The van der Waals surface area contributed by atoms with Crippen LogP contribution in [0.15, 0.2) is 24.3 Å². The standard InChI is InChI=1S/C21H21ClF6N6O/c1-11(12-3-2-4-13(7-12)20(23,24)25)30-17-14-8-34(9-15(14)31-18(22)32-17)19(35)33-6-5-29-16(10-33)21(26,27)28/h2-4,7,11,16,29H,5-6,8-10H2,1H3,(H,30,31,32)/t11-,16?/m1/s1. The van der Waals surface area contributed by atoms with E-state index < -0.39 is 42.6 Å². The Balaban J connectivity index is 1.51. The molecule has 2 N–H and O–H groups in total. The van der Waals surface area contributed by atoms with Gasteiger partial charge in [-0.15, -0.1) is 0 Å². The van der Waals surface area contributed by atoms with Gasteiger partial charge in [0.2, 0.25) is 5.28 Å². The molecule has 1 aromatic heterocycles. The van der Waals surface area contributed by atoms with Crippen molar-refractivity contribution < 1.29 is 31.1 Å². The Morgan fingerprint density at radius 2 is 1.91 bits per heavy atom. The predicted octanol–water partition coefficient (Wildman–Crippen LogP) is 4.59. The summed E-state index contributed by atoms with van der Waals surface area (Å²) in [7, 11) is 0. The highest BCUT2D eigenvalue weighted by molar-refractivity contribution is 6.28. The molecule has 2 aliphatic heterocycles. The highest BCUT2D eigenvalue weighted by Crippen LogP contribution is 2.34. The number of fused-ring (bicyclic) bond motifs is 1. The Morgan fingerprint density at radius 3 is 2.60 bits per heavy atom. The second kappa shape index (κ2) is 9.34. The highest BCUT2D eigenvalue weighted by Gasteiger charge is 2.44. The van der Waals surface area contributed by atoms with E-state index in [1.165, 1.54) is 17.0 Å². The second-order valence-electron chi connectivity index (χ2n) is 8.39. The van der Waals surface area contributed by atoms with Crippen molar-refractivity contribution in [2.24, 2.45) is 0 Å². The number of aromatic nitrogens is 2. The average Bonchev–Trinajstić information content (AvgIpc) is 3.21. The van der Waals surface area contributed by atoms with Crippen molar-refractivity contribution in [2.75, 3.05) is 25.0 Å². The van der Waals surface area contributed by atoms with Crippen molar-refractivity contribution in [3.8, 4) is 0 Å². The third-order valence-corrected chi connectivity index (χ3v) is 6.10. The van der Waals surface area contributed by atoms with Crippen LogP contribution in [0.25, 0.3) is 0 Å². The molecule has 0 radical (unpaired) electrons. The molecule has 2 amide bonds. The van der Waals surface area contributed by atoms with E-state index in [4.69, 9.17) is 11.6 Å². The molecular formula is C21H21ClF6N6O. The van der Waals surface area contributed by atoms with Gasteiger partial charge in [-0.3, -0.25) is 0 Å². The predicted molar refractivity (Wildman–Crippen MR) is 115 cm³/mol. The molecule has 2 aromatic rings. The number of urea groups is 1. The molecule has 0 saturated carbocycles. The first-order chi connectivity index (χ1) is 16.3. The Morgan fingerprint density at radius 1 is 1.17 bits per heavy atom. The Labute approximate surface area is 201 Å². The highest BCUT2D eigenvalue weighted by atomic mass is 35.5. The third kappa shape index (κ3) is 5.56. The van der Waals surface area contributed by atoms with Gasteiger partial charge in [0, 0.05) is 31.2 Å². The monoisotopic (exact) mass is 522 g/mol. The van der Waals surface area contributed by atoms with Crippen molar-refractivity contribution in [3.05, 3.63) is 51.9 Å². The van der Waals surface area contributed by atoms with Gasteiger partial charge < -0.3 is 20.4 Å². The molecule has 1 saturated heterocycles. The largest absolute Gasteiger partial charge is 0.416 e. The topological polar surface area (TPSA) is 73.4 Å². The van der Waals surface area contributed by atoms with Gasteiger partial charge in [0.25, 0.3) is 0 Å². The minimum absolute atomic E-state index is 0.00362. The van der Waals surface area contributed by atoms with Crippen molar-refractivity contribution >= 4 is 23.4 Å². The first kappa shape index (κ1) is 25.3. The minimum atomic E-state index is -4.49. The first-order valence-corrected chi connectivity index (χ1v) is 11.0. The number of piperazine rings is 1. The van der Waals surface area contributed by atoms with Crippen LogP contribution >= 0.6 is 11.6 Å². The summed E-state index contributed by atoms with van der Waals surface area (Å²) in [5, 5.41) is 5.26. The number of alkyl halides is 6. The Kier molecular flexibility index (Phi) is 6.75. The molecule has 0 bridgehead atoms. The molecule has 7 nitrogen and oxygen atoms in total. The van der Waals surface area contributed by atoms with Gasteiger partial charge in [0.1, 0.15) is 11.9 Å². The molecule has 1 unspecified atom stereocenters. The van der Waals surface area contributed by atoms with E-state index in [1.54, 1.807) is 6.92 Å². The van der Waals surface area contributed by atoms with Crippen LogP contribution in [0, 0.1) is 0 Å². The van der Waals surface area contributed by atoms with Crippen LogP contribution in [-0.2, 0) is 19.3 Å². The molecule has 190 valence electrons. The number of hydrogen-bond donors (Lipinski definition) is 2. The van der Waals surface area contributed by atoms with Gasteiger partial charge in [-0.25, -0.2) is 14.8 Å². The van der Waals surface area contributed by atoms with Crippen LogP contribution in [0.5, 0.6) is 0 Å². The lowest BCUT2D eigenvalue weighted by Gasteiger charge is -2.36. The molecule has 35 heavy (non-hydrogen) atoms. The fourth-order valence-electron chi connectivity index (χ4n) is 4.10. The molecule has 14 heteroatoms. The van der Waals surface area contributed by atoms with Crippen LogP contribution in [-0.4, -0.2) is 57.7 Å². The lowest BCUT2D eigenvalue weighted by molar-refractivity contribution is -0.162. The molecule has 3 heterocycles.